The number of hydrogen-bond donors (Lipinski definition) is 1. The molecule has 0 bridgehead atoms. The lowest BCUT2D eigenvalue weighted by atomic mass is 10.2. The van der Waals surface area contributed by atoms with E-state index in [4.69, 9.17) is 22.2 Å². The molecule has 17 heavy (non-hydrogen) atoms. The number of aromatic nitrogens is 1. The summed E-state index contributed by atoms with van der Waals surface area (Å²) in [6.07, 6.45) is 0.353. The van der Waals surface area contributed by atoms with Gasteiger partial charge in [0.1, 0.15) is 5.15 Å². The lowest BCUT2D eigenvalue weighted by Gasteiger charge is -1.98. The standard InChI is InChI=1S/C10H7ClN4O2/c11-8-5-4-7(9(14-8)10(16)17)3-1-2-6-13-15-12/h4-5H,2,6H2,(H,16,17). The summed E-state index contributed by atoms with van der Waals surface area (Å²) in [4.78, 5) is 17.1. The van der Waals surface area contributed by atoms with Crippen molar-refractivity contribution in [3.63, 3.8) is 0 Å². The molecule has 0 aromatic carbocycles. The van der Waals surface area contributed by atoms with Gasteiger partial charge in [-0.2, -0.15) is 0 Å². The Kier molecular flexibility index (Phi) is 4.82. The number of carboxylic acid groups (broad SMARTS) is 1. The second-order valence-corrected chi connectivity index (χ2v) is 3.23. The van der Waals surface area contributed by atoms with E-state index in [1.54, 1.807) is 0 Å². The molecule has 6 nitrogen and oxygen atoms in total. The summed E-state index contributed by atoms with van der Waals surface area (Å²) in [6, 6.07) is 2.95. The van der Waals surface area contributed by atoms with E-state index in [-0.39, 0.29) is 23.0 Å². The monoisotopic (exact) mass is 250 g/mol. The van der Waals surface area contributed by atoms with E-state index in [1.807, 2.05) is 0 Å². The average molecular weight is 251 g/mol. The highest BCUT2D eigenvalue weighted by molar-refractivity contribution is 6.29. The molecule has 7 heteroatoms. The highest BCUT2D eigenvalue weighted by atomic mass is 35.5. The molecule has 1 N–H and O–H groups in total. The molecule has 1 rings (SSSR count). The molecule has 0 aliphatic carbocycles. The molecule has 1 aromatic rings. The molecular formula is C10H7ClN4O2. The molecule has 0 radical (unpaired) electrons. The number of rotatable bonds is 3. The summed E-state index contributed by atoms with van der Waals surface area (Å²) >= 11 is 5.59. The number of carboxylic acids is 1. The van der Waals surface area contributed by atoms with Gasteiger partial charge >= 0.3 is 5.97 Å². The second-order valence-electron chi connectivity index (χ2n) is 2.84. The summed E-state index contributed by atoms with van der Waals surface area (Å²) in [6.45, 7) is 0.243. The number of carbonyl (C=O) groups is 1. The highest BCUT2D eigenvalue weighted by Crippen LogP contribution is 2.10. The Morgan fingerprint density at radius 1 is 1.65 bits per heavy atom. The van der Waals surface area contributed by atoms with Crippen molar-refractivity contribution in [2.75, 3.05) is 6.54 Å². The van der Waals surface area contributed by atoms with Crippen LogP contribution in [0.1, 0.15) is 22.5 Å². The van der Waals surface area contributed by atoms with Crippen molar-refractivity contribution in [2.24, 2.45) is 5.11 Å². The van der Waals surface area contributed by atoms with Gasteiger partial charge in [-0.1, -0.05) is 28.6 Å². The molecule has 1 aromatic heterocycles. The van der Waals surface area contributed by atoms with Crippen molar-refractivity contribution in [1.82, 2.24) is 4.98 Å². The lowest BCUT2D eigenvalue weighted by Crippen LogP contribution is -2.03. The van der Waals surface area contributed by atoms with E-state index in [1.165, 1.54) is 12.1 Å². The van der Waals surface area contributed by atoms with E-state index in [9.17, 15) is 4.79 Å². The van der Waals surface area contributed by atoms with Crippen LogP contribution < -0.4 is 0 Å². The maximum absolute atomic E-state index is 10.9. The van der Waals surface area contributed by atoms with Crippen LogP contribution in [0.3, 0.4) is 0 Å². The minimum absolute atomic E-state index is 0.0991. The maximum Gasteiger partial charge on any atom is 0.355 e. The first-order valence-electron chi connectivity index (χ1n) is 4.54. The number of pyridine rings is 1. The van der Waals surface area contributed by atoms with Crippen molar-refractivity contribution in [1.29, 1.82) is 0 Å². The number of nitrogens with zero attached hydrogens (tertiary/aromatic N) is 4. The Morgan fingerprint density at radius 3 is 3.06 bits per heavy atom. The SMILES string of the molecule is [N-]=[N+]=NCCC#Cc1ccc(Cl)nc1C(=O)O. The highest BCUT2D eigenvalue weighted by Gasteiger charge is 2.10. The third kappa shape index (κ3) is 4.03. The lowest BCUT2D eigenvalue weighted by molar-refractivity contribution is 0.0690. The Labute approximate surface area is 102 Å². The van der Waals surface area contributed by atoms with Crippen LogP contribution in [0.25, 0.3) is 10.4 Å². The summed E-state index contributed by atoms with van der Waals surface area (Å²) in [7, 11) is 0. The van der Waals surface area contributed by atoms with Crippen LogP contribution in [-0.4, -0.2) is 22.6 Å². The first kappa shape index (κ1) is 12.8. The molecule has 1 heterocycles. The van der Waals surface area contributed by atoms with Gasteiger partial charge in [0.15, 0.2) is 5.69 Å². The van der Waals surface area contributed by atoms with Crippen LogP contribution >= 0.6 is 11.6 Å². The van der Waals surface area contributed by atoms with Gasteiger partial charge < -0.3 is 5.11 Å². The molecular weight excluding hydrogens is 244 g/mol. The summed E-state index contributed by atoms with van der Waals surface area (Å²) in [5.74, 6) is 4.15. The zero-order valence-corrected chi connectivity index (χ0v) is 9.35. The summed E-state index contributed by atoms with van der Waals surface area (Å²) in [5, 5.41) is 12.3. The smallest absolute Gasteiger partial charge is 0.355 e. The normalized spacial score (nSPS) is 8.76. The third-order valence-electron chi connectivity index (χ3n) is 1.69. The van der Waals surface area contributed by atoms with Crippen molar-refractivity contribution < 1.29 is 9.90 Å². The molecule has 0 amide bonds. The fourth-order valence-corrected chi connectivity index (χ4v) is 1.16. The van der Waals surface area contributed by atoms with E-state index in [0.717, 1.165) is 0 Å². The van der Waals surface area contributed by atoms with Crippen LogP contribution in [0.4, 0.5) is 0 Å². The topological polar surface area (TPSA) is 99.0 Å². The fraction of sp³-hybridized carbons (Fsp3) is 0.200. The summed E-state index contributed by atoms with van der Waals surface area (Å²) < 4.78 is 0. The van der Waals surface area contributed by atoms with Crippen LogP contribution in [0, 0.1) is 11.8 Å². The van der Waals surface area contributed by atoms with Crippen LogP contribution in [0.15, 0.2) is 17.2 Å². The molecule has 0 saturated heterocycles. The van der Waals surface area contributed by atoms with Gasteiger partial charge in [-0.25, -0.2) is 9.78 Å². The van der Waals surface area contributed by atoms with Gasteiger partial charge in [-0.15, -0.1) is 0 Å². The first-order valence-corrected chi connectivity index (χ1v) is 4.92. The number of azide groups is 1. The van der Waals surface area contributed by atoms with Crippen molar-refractivity contribution in [3.05, 3.63) is 39.0 Å². The maximum atomic E-state index is 10.9. The average Bonchev–Trinajstić information content (AvgIpc) is 2.30. The predicted octanol–water partition coefficient (Wildman–Crippen LogP) is 2.49. The molecule has 0 saturated carbocycles. The Hall–Kier alpha value is -2.22. The molecule has 0 aliphatic heterocycles. The molecule has 0 spiro atoms. The van der Waals surface area contributed by atoms with Crippen molar-refractivity contribution in [3.8, 4) is 11.8 Å². The predicted molar refractivity (Wildman–Crippen MR) is 61.7 cm³/mol. The molecule has 0 atom stereocenters. The first-order chi connectivity index (χ1) is 8.15. The van der Waals surface area contributed by atoms with Gasteiger partial charge in [-0.05, 0) is 17.7 Å². The second kappa shape index (κ2) is 6.38. The van der Waals surface area contributed by atoms with Gasteiger partial charge in [0.05, 0.1) is 5.56 Å². The quantitative estimate of drug-likeness (QED) is 0.223. The van der Waals surface area contributed by atoms with Gasteiger partial charge in [0.25, 0.3) is 0 Å². The van der Waals surface area contributed by atoms with Crippen molar-refractivity contribution >= 4 is 17.6 Å². The van der Waals surface area contributed by atoms with Crippen molar-refractivity contribution in [2.45, 2.75) is 6.42 Å². The zero-order chi connectivity index (χ0) is 12.7. The molecule has 86 valence electrons. The Bertz CT molecular complexity index is 541. The Morgan fingerprint density at radius 2 is 2.41 bits per heavy atom. The largest absolute Gasteiger partial charge is 0.476 e. The molecule has 0 fully saturated rings. The van der Waals surface area contributed by atoms with Crippen LogP contribution in [0.2, 0.25) is 5.15 Å². The fourth-order valence-electron chi connectivity index (χ4n) is 1.01. The third-order valence-corrected chi connectivity index (χ3v) is 1.90. The number of halogens is 1. The van der Waals surface area contributed by atoms with Crippen LogP contribution in [0.5, 0.6) is 0 Å². The van der Waals surface area contributed by atoms with Crippen LogP contribution in [-0.2, 0) is 0 Å². The molecule has 0 unspecified atom stereocenters. The Balaban J connectivity index is 2.90. The van der Waals surface area contributed by atoms with E-state index in [0.29, 0.717) is 6.42 Å². The minimum Gasteiger partial charge on any atom is -0.476 e. The van der Waals surface area contributed by atoms with E-state index >= 15 is 0 Å². The molecule has 0 aliphatic rings. The van der Waals surface area contributed by atoms with Gasteiger partial charge in [0, 0.05) is 17.9 Å². The summed E-state index contributed by atoms with van der Waals surface area (Å²) in [5.41, 5.74) is 8.13. The number of hydrogen-bond acceptors (Lipinski definition) is 3. The van der Waals surface area contributed by atoms with Gasteiger partial charge in [0.2, 0.25) is 0 Å². The van der Waals surface area contributed by atoms with E-state index < -0.39 is 5.97 Å². The zero-order valence-electron chi connectivity index (χ0n) is 8.59. The van der Waals surface area contributed by atoms with Gasteiger partial charge in [-0.3, -0.25) is 0 Å². The van der Waals surface area contributed by atoms with E-state index in [2.05, 4.69) is 26.9 Å². The number of aromatic carboxylic acids is 1. The minimum atomic E-state index is -1.19.